The van der Waals surface area contributed by atoms with Crippen LogP contribution in [0.4, 0.5) is 10.2 Å². The lowest BCUT2D eigenvalue weighted by Crippen LogP contribution is -2.71. The van der Waals surface area contributed by atoms with Crippen LogP contribution in [0.2, 0.25) is 0 Å². The molecule has 86 valence electrons. The molecule has 2 atom stereocenters. The first-order valence-electron chi connectivity index (χ1n) is 5.71. The van der Waals surface area contributed by atoms with Crippen LogP contribution in [0.25, 0.3) is 0 Å². The number of pyridine rings is 1. The number of aromatic nitrogens is 1. The quantitative estimate of drug-likeness (QED) is 0.715. The Balaban J connectivity index is 1.84. The second-order valence-corrected chi connectivity index (χ2v) is 4.80. The lowest BCUT2D eigenvalue weighted by atomic mass is 9.94. The first-order chi connectivity index (χ1) is 7.66. The Bertz CT molecular complexity index is 421. The molecule has 0 aromatic carbocycles. The third-order valence-electron chi connectivity index (χ3n) is 3.47. The molecule has 1 aromatic rings. The van der Waals surface area contributed by atoms with Gasteiger partial charge in [-0.1, -0.05) is 19.9 Å². The van der Waals surface area contributed by atoms with Gasteiger partial charge in [-0.25, -0.2) is 4.98 Å². The van der Waals surface area contributed by atoms with E-state index in [0.717, 1.165) is 19.0 Å². The molecule has 0 saturated carbocycles. The minimum absolute atomic E-state index is 0.178. The van der Waals surface area contributed by atoms with Gasteiger partial charge in [-0.05, 0) is 12.0 Å². The number of hydrogen-bond donors (Lipinski definition) is 0. The number of nitrogens with zero attached hydrogens (tertiary/aromatic N) is 2. The predicted octanol–water partition coefficient (Wildman–Crippen LogP) is 1.93. The molecular formula is C12H15FN2O. The summed E-state index contributed by atoms with van der Waals surface area (Å²) in [6.07, 6.45) is 0.356. The van der Waals surface area contributed by atoms with E-state index < -0.39 is 0 Å². The van der Waals surface area contributed by atoms with Gasteiger partial charge in [0.1, 0.15) is 5.82 Å². The Hall–Kier alpha value is -1.16. The summed E-state index contributed by atoms with van der Waals surface area (Å²) < 4.78 is 19.0. The molecule has 2 aliphatic heterocycles. The second-order valence-electron chi connectivity index (χ2n) is 4.80. The number of anilines is 1. The normalized spacial score (nSPS) is 27.4. The van der Waals surface area contributed by atoms with E-state index in [2.05, 4.69) is 9.88 Å². The Labute approximate surface area is 94.2 Å². The Morgan fingerprint density at radius 1 is 1.50 bits per heavy atom. The molecular weight excluding hydrogens is 207 g/mol. The van der Waals surface area contributed by atoms with E-state index in [-0.39, 0.29) is 11.9 Å². The van der Waals surface area contributed by atoms with Gasteiger partial charge in [0, 0.05) is 12.1 Å². The second kappa shape index (κ2) is 3.42. The number of ether oxygens (including phenoxy) is 1. The average Bonchev–Trinajstić information content (AvgIpc) is 2.21. The highest BCUT2D eigenvalue weighted by molar-refractivity contribution is 5.47. The van der Waals surface area contributed by atoms with E-state index in [1.54, 1.807) is 0 Å². The summed E-state index contributed by atoms with van der Waals surface area (Å²) in [6.45, 7) is 5.54. The molecule has 3 rings (SSSR count). The van der Waals surface area contributed by atoms with Crippen LogP contribution in [-0.2, 0) is 4.74 Å². The first-order valence-corrected chi connectivity index (χ1v) is 5.71. The summed E-state index contributed by atoms with van der Waals surface area (Å²) in [4.78, 5) is 6.15. The van der Waals surface area contributed by atoms with Crippen molar-refractivity contribution >= 4 is 5.82 Å². The van der Waals surface area contributed by atoms with Crippen LogP contribution in [0, 0.1) is 5.95 Å². The fourth-order valence-electron chi connectivity index (χ4n) is 2.26. The first kappa shape index (κ1) is 10.0. The van der Waals surface area contributed by atoms with Crippen molar-refractivity contribution in [1.29, 1.82) is 0 Å². The zero-order valence-corrected chi connectivity index (χ0v) is 9.48. The smallest absolute Gasteiger partial charge is 0.218 e. The highest BCUT2D eigenvalue weighted by Crippen LogP contribution is 2.34. The minimum Gasteiger partial charge on any atom is -0.372 e. The van der Waals surface area contributed by atoms with Crippen LogP contribution < -0.4 is 4.90 Å². The number of halogens is 1. The van der Waals surface area contributed by atoms with Crippen LogP contribution in [0.1, 0.15) is 25.3 Å². The molecule has 0 aliphatic carbocycles. The third-order valence-corrected chi connectivity index (χ3v) is 3.47. The van der Waals surface area contributed by atoms with E-state index in [9.17, 15) is 4.39 Å². The summed E-state index contributed by atoms with van der Waals surface area (Å²) in [6, 6.07) is 4.18. The SMILES string of the molecule is CC(C)c1ccc(N2C[C@@H]3OCC32)nc1F. The predicted molar refractivity (Wildman–Crippen MR) is 59.2 cm³/mol. The van der Waals surface area contributed by atoms with E-state index >= 15 is 0 Å². The summed E-state index contributed by atoms with van der Waals surface area (Å²) in [7, 11) is 0. The Morgan fingerprint density at radius 3 is 2.75 bits per heavy atom. The number of hydrogen-bond acceptors (Lipinski definition) is 3. The number of fused-ring (bicyclic) bond motifs is 1. The molecule has 3 heterocycles. The standard InChI is InChI=1S/C12H15FN2O/c1-7(2)8-3-4-11(14-12(8)13)15-5-10-9(15)6-16-10/h3-4,7,9-10H,5-6H2,1-2H3/t9?,10-/m0/s1. The highest BCUT2D eigenvalue weighted by Gasteiger charge is 2.47. The maximum Gasteiger partial charge on any atom is 0.218 e. The molecule has 0 radical (unpaired) electrons. The zero-order chi connectivity index (χ0) is 11.3. The maximum absolute atomic E-state index is 13.7. The molecule has 1 unspecified atom stereocenters. The van der Waals surface area contributed by atoms with Gasteiger partial charge in [-0.3, -0.25) is 0 Å². The summed E-state index contributed by atoms with van der Waals surface area (Å²) in [5.74, 6) is 0.584. The van der Waals surface area contributed by atoms with Gasteiger partial charge >= 0.3 is 0 Å². The lowest BCUT2D eigenvalue weighted by molar-refractivity contribution is -0.113. The van der Waals surface area contributed by atoms with Gasteiger partial charge < -0.3 is 9.64 Å². The van der Waals surface area contributed by atoms with Crippen molar-refractivity contribution in [3.8, 4) is 0 Å². The van der Waals surface area contributed by atoms with Gasteiger partial charge in [0.2, 0.25) is 5.95 Å². The van der Waals surface area contributed by atoms with Crippen molar-refractivity contribution < 1.29 is 9.13 Å². The molecule has 2 aliphatic rings. The Morgan fingerprint density at radius 2 is 2.31 bits per heavy atom. The van der Waals surface area contributed by atoms with Crippen molar-refractivity contribution in [2.45, 2.75) is 31.9 Å². The molecule has 1 aromatic heterocycles. The van der Waals surface area contributed by atoms with Crippen molar-refractivity contribution in [3.05, 3.63) is 23.6 Å². The summed E-state index contributed by atoms with van der Waals surface area (Å²) in [5, 5.41) is 0. The zero-order valence-electron chi connectivity index (χ0n) is 9.48. The van der Waals surface area contributed by atoms with Gasteiger partial charge in [0.05, 0.1) is 18.8 Å². The highest BCUT2D eigenvalue weighted by atomic mass is 19.1. The molecule has 2 saturated heterocycles. The summed E-state index contributed by atoms with van der Waals surface area (Å²) >= 11 is 0. The van der Waals surface area contributed by atoms with Crippen LogP contribution in [-0.4, -0.2) is 30.3 Å². The van der Waals surface area contributed by atoms with E-state index in [0.29, 0.717) is 17.7 Å². The topological polar surface area (TPSA) is 25.4 Å². The minimum atomic E-state index is -0.337. The number of morpholine rings is 1. The molecule has 0 spiro atoms. The fourth-order valence-corrected chi connectivity index (χ4v) is 2.26. The van der Waals surface area contributed by atoms with E-state index in [1.165, 1.54) is 0 Å². The largest absolute Gasteiger partial charge is 0.372 e. The molecule has 0 N–H and O–H groups in total. The van der Waals surface area contributed by atoms with Crippen molar-refractivity contribution in [3.63, 3.8) is 0 Å². The summed E-state index contributed by atoms with van der Waals surface area (Å²) in [5.41, 5.74) is 0.686. The van der Waals surface area contributed by atoms with Gasteiger partial charge in [0.15, 0.2) is 0 Å². The lowest BCUT2D eigenvalue weighted by Gasteiger charge is -2.55. The van der Waals surface area contributed by atoms with Crippen LogP contribution in [0.3, 0.4) is 0 Å². The molecule has 0 amide bonds. The molecule has 2 fully saturated rings. The molecule has 3 nitrogen and oxygen atoms in total. The van der Waals surface area contributed by atoms with Crippen LogP contribution in [0.5, 0.6) is 0 Å². The van der Waals surface area contributed by atoms with Crippen LogP contribution >= 0.6 is 0 Å². The van der Waals surface area contributed by atoms with Crippen molar-refractivity contribution in [2.75, 3.05) is 18.1 Å². The molecule has 0 bridgehead atoms. The van der Waals surface area contributed by atoms with Gasteiger partial charge in [0.25, 0.3) is 0 Å². The third kappa shape index (κ3) is 1.33. The maximum atomic E-state index is 13.7. The average molecular weight is 222 g/mol. The van der Waals surface area contributed by atoms with Crippen LogP contribution in [0.15, 0.2) is 12.1 Å². The van der Waals surface area contributed by atoms with Gasteiger partial charge in [-0.2, -0.15) is 4.39 Å². The van der Waals surface area contributed by atoms with E-state index in [4.69, 9.17) is 4.74 Å². The van der Waals surface area contributed by atoms with Gasteiger partial charge in [-0.15, -0.1) is 0 Å². The monoisotopic (exact) mass is 222 g/mol. The fraction of sp³-hybridized carbons (Fsp3) is 0.583. The number of rotatable bonds is 2. The Kier molecular flexibility index (Phi) is 2.14. The van der Waals surface area contributed by atoms with E-state index in [1.807, 2.05) is 26.0 Å². The van der Waals surface area contributed by atoms with Crippen molar-refractivity contribution in [2.24, 2.45) is 0 Å². The molecule has 4 heteroatoms. The molecule has 16 heavy (non-hydrogen) atoms. The van der Waals surface area contributed by atoms with Crippen molar-refractivity contribution in [1.82, 2.24) is 4.98 Å².